The fraction of sp³-hybridized carbons (Fsp3) is 0.200. The first-order valence-corrected chi connectivity index (χ1v) is 10.9. The van der Waals surface area contributed by atoms with Crippen LogP contribution >= 0.6 is 31.9 Å². The molecular formula is C20H16Br2N4O6. The van der Waals surface area contributed by atoms with Crippen molar-refractivity contribution in [2.75, 3.05) is 26.5 Å². The van der Waals surface area contributed by atoms with Crippen molar-refractivity contribution in [3.05, 3.63) is 51.2 Å². The second kappa shape index (κ2) is 10.0. The van der Waals surface area contributed by atoms with Crippen LogP contribution in [-0.4, -0.2) is 48.4 Å². The molecule has 0 saturated heterocycles. The van der Waals surface area contributed by atoms with Crippen LogP contribution in [0.25, 0.3) is 11.4 Å². The average Bonchev–Trinajstić information content (AvgIpc) is 3.45. The zero-order valence-corrected chi connectivity index (χ0v) is 19.6. The lowest BCUT2D eigenvalue weighted by atomic mass is 10.2. The number of nitrogens with one attached hydrogen (secondary N) is 2. The van der Waals surface area contributed by atoms with Gasteiger partial charge in [-0.2, -0.15) is 4.98 Å². The monoisotopic (exact) mass is 566 g/mol. The fourth-order valence-corrected chi connectivity index (χ4v) is 3.87. The Labute approximate surface area is 198 Å². The van der Waals surface area contributed by atoms with E-state index in [1.54, 1.807) is 24.3 Å². The van der Waals surface area contributed by atoms with E-state index in [2.05, 4.69) is 52.6 Å². The largest absolute Gasteiger partial charge is 0.483 e. The minimum atomic E-state index is -0.547. The molecule has 1 aliphatic heterocycles. The van der Waals surface area contributed by atoms with Gasteiger partial charge < -0.3 is 29.4 Å². The summed E-state index contributed by atoms with van der Waals surface area (Å²) in [4.78, 5) is 28.2. The molecule has 12 heteroatoms. The van der Waals surface area contributed by atoms with Crippen LogP contribution in [0.3, 0.4) is 0 Å². The standard InChI is InChI=1S/C20H16Br2N4O6/c21-12-2-4-14(13(22)8-12)29-9-17(27)23-5-6-24-19(28)20-25-18(26-32-20)11-1-3-15-16(7-11)31-10-30-15/h1-4,7-8H,5-6,9-10H2,(H,23,27)(H,24,28). The second-order valence-corrected chi connectivity index (χ2v) is 8.23. The van der Waals surface area contributed by atoms with E-state index in [4.69, 9.17) is 18.7 Å². The molecular weight excluding hydrogens is 552 g/mol. The molecule has 1 aromatic heterocycles. The highest BCUT2D eigenvalue weighted by atomic mass is 79.9. The van der Waals surface area contributed by atoms with E-state index in [1.807, 2.05) is 12.1 Å². The molecule has 0 atom stereocenters. The van der Waals surface area contributed by atoms with Crippen molar-refractivity contribution in [1.29, 1.82) is 0 Å². The lowest BCUT2D eigenvalue weighted by Gasteiger charge is -2.09. The Bertz CT molecular complexity index is 1150. The molecule has 0 unspecified atom stereocenters. The normalized spacial score (nSPS) is 11.8. The van der Waals surface area contributed by atoms with Crippen LogP contribution in [0.2, 0.25) is 0 Å². The van der Waals surface area contributed by atoms with Crippen molar-refractivity contribution in [1.82, 2.24) is 20.8 Å². The van der Waals surface area contributed by atoms with Crippen LogP contribution in [0.1, 0.15) is 10.7 Å². The Morgan fingerprint density at radius 2 is 1.84 bits per heavy atom. The van der Waals surface area contributed by atoms with Crippen molar-refractivity contribution in [3.8, 4) is 28.6 Å². The molecule has 2 aromatic carbocycles. The van der Waals surface area contributed by atoms with Crippen LogP contribution in [-0.2, 0) is 4.79 Å². The number of rotatable bonds is 8. The minimum Gasteiger partial charge on any atom is -0.483 e. The maximum atomic E-state index is 12.2. The maximum Gasteiger partial charge on any atom is 0.316 e. The van der Waals surface area contributed by atoms with E-state index in [9.17, 15) is 9.59 Å². The summed E-state index contributed by atoms with van der Waals surface area (Å²) in [6, 6.07) is 10.5. The molecule has 2 heterocycles. The molecule has 3 aromatic rings. The number of fused-ring (bicyclic) bond motifs is 1. The van der Waals surface area contributed by atoms with Crippen molar-refractivity contribution in [3.63, 3.8) is 0 Å². The second-order valence-electron chi connectivity index (χ2n) is 6.46. The highest BCUT2D eigenvalue weighted by Gasteiger charge is 2.19. The van der Waals surface area contributed by atoms with Crippen molar-refractivity contribution < 1.29 is 28.3 Å². The molecule has 0 aliphatic carbocycles. The molecule has 4 rings (SSSR count). The fourth-order valence-electron chi connectivity index (χ4n) is 2.71. The number of hydrogen-bond donors (Lipinski definition) is 2. The third kappa shape index (κ3) is 5.37. The van der Waals surface area contributed by atoms with Gasteiger partial charge in [0.15, 0.2) is 18.1 Å². The molecule has 2 amide bonds. The van der Waals surface area contributed by atoms with Gasteiger partial charge in [0.1, 0.15) is 5.75 Å². The Morgan fingerprint density at radius 1 is 1.03 bits per heavy atom. The van der Waals surface area contributed by atoms with Crippen LogP contribution in [0, 0.1) is 0 Å². The predicted octanol–water partition coefficient (Wildman–Crippen LogP) is 2.92. The van der Waals surface area contributed by atoms with E-state index >= 15 is 0 Å². The van der Waals surface area contributed by atoms with E-state index in [1.165, 1.54) is 0 Å². The van der Waals surface area contributed by atoms with Crippen molar-refractivity contribution in [2.24, 2.45) is 0 Å². The minimum absolute atomic E-state index is 0.156. The summed E-state index contributed by atoms with van der Waals surface area (Å²) in [7, 11) is 0. The van der Waals surface area contributed by atoms with Gasteiger partial charge in [-0.1, -0.05) is 21.1 Å². The Kier molecular flexibility index (Phi) is 6.90. The quantitative estimate of drug-likeness (QED) is 0.398. The van der Waals surface area contributed by atoms with Gasteiger partial charge in [-0.05, 0) is 52.3 Å². The summed E-state index contributed by atoms with van der Waals surface area (Å²) in [6.45, 7) is 0.382. The molecule has 10 nitrogen and oxygen atoms in total. The highest BCUT2D eigenvalue weighted by molar-refractivity contribution is 9.11. The lowest BCUT2D eigenvalue weighted by molar-refractivity contribution is -0.123. The van der Waals surface area contributed by atoms with Gasteiger partial charge in [0, 0.05) is 23.1 Å². The Balaban J connectivity index is 1.20. The number of aromatic nitrogens is 2. The Morgan fingerprint density at radius 3 is 2.69 bits per heavy atom. The number of carbonyl (C=O) groups excluding carboxylic acids is 2. The van der Waals surface area contributed by atoms with Gasteiger partial charge in [-0.3, -0.25) is 9.59 Å². The Hall–Kier alpha value is -3.12. The molecule has 1 aliphatic rings. The molecule has 32 heavy (non-hydrogen) atoms. The molecule has 166 valence electrons. The van der Waals surface area contributed by atoms with Gasteiger partial charge in [-0.15, -0.1) is 0 Å². The zero-order chi connectivity index (χ0) is 22.5. The topological polar surface area (TPSA) is 125 Å². The lowest BCUT2D eigenvalue weighted by Crippen LogP contribution is -2.36. The number of nitrogens with zero attached hydrogens (tertiary/aromatic N) is 2. The third-order valence-electron chi connectivity index (χ3n) is 4.24. The van der Waals surface area contributed by atoms with Gasteiger partial charge in [-0.25, -0.2) is 0 Å². The SMILES string of the molecule is O=C(COc1ccc(Br)cc1Br)NCCNC(=O)c1nc(-c2ccc3c(c2)OCO3)no1. The van der Waals surface area contributed by atoms with Crippen LogP contribution < -0.4 is 24.8 Å². The molecule has 0 saturated carbocycles. The maximum absolute atomic E-state index is 12.2. The number of hydrogen-bond acceptors (Lipinski definition) is 8. The predicted molar refractivity (Wildman–Crippen MR) is 119 cm³/mol. The molecule has 2 N–H and O–H groups in total. The highest BCUT2D eigenvalue weighted by Crippen LogP contribution is 2.35. The van der Waals surface area contributed by atoms with Crippen LogP contribution in [0.4, 0.5) is 0 Å². The first kappa shape index (κ1) is 22.1. The van der Waals surface area contributed by atoms with Crippen molar-refractivity contribution in [2.45, 2.75) is 0 Å². The third-order valence-corrected chi connectivity index (χ3v) is 5.35. The first-order chi connectivity index (χ1) is 15.5. The molecule has 0 bridgehead atoms. The van der Waals surface area contributed by atoms with E-state index in [-0.39, 0.29) is 44.1 Å². The number of halogens is 2. The van der Waals surface area contributed by atoms with E-state index < -0.39 is 5.91 Å². The van der Waals surface area contributed by atoms with E-state index in [0.717, 1.165) is 8.95 Å². The summed E-state index contributed by atoms with van der Waals surface area (Å²) in [5.74, 6) is 0.945. The molecule has 0 spiro atoms. The van der Waals surface area contributed by atoms with Gasteiger partial charge in [0.2, 0.25) is 12.6 Å². The van der Waals surface area contributed by atoms with Gasteiger partial charge >= 0.3 is 11.8 Å². The summed E-state index contributed by atoms with van der Waals surface area (Å²) < 4.78 is 22.7. The van der Waals surface area contributed by atoms with Crippen LogP contribution in [0.15, 0.2) is 49.9 Å². The number of ether oxygens (including phenoxy) is 3. The summed E-state index contributed by atoms with van der Waals surface area (Å²) in [5.41, 5.74) is 0.627. The number of benzene rings is 2. The first-order valence-electron chi connectivity index (χ1n) is 9.36. The van der Waals surface area contributed by atoms with Gasteiger partial charge in [0.05, 0.1) is 4.47 Å². The number of carbonyl (C=O) groups is 2. The van der Waals surface area contributed by atoms with Crippen LogP contribution in [0.5, 0.6) is 17.2 Å². The zero-order valence-electron chi connectivity index (χ0n) is 16.4. The van der Waals surface area contributed by atoms with E-state index in [0.29, 0.717) is 22.8 Å². The molecule has 0 radical (unpaired) electrons. The number of amides is 2. The smallest absolute Gasteiger partial charge is 0.316 e. The average molecular weight is 568 g/mol. The van der Waals surface area contributed by atoms with Gasteiger partial charge in [0.25, 0.3) is 5.91 Å². The summed E-state index contributed by atoms with van der Waals surface area (Å²) in [5, 5.41) is 9.07. The summed E-state index contributed by atoms with van der Waals surface area (Å²) in [6.07, 6.45) is 0. The van der Waals surface area contributed by atoms with Crippen molar-refractivity contribution >= 4 is 43.7 Å². The summed E-state index contributed by atoms with van der Waals surface area (Å²) >= 11 is 6.71. The molecule has 0 fully saturated rings.